The van der Waals surface area contributed by atoms with Crippen molar-refractivity contribution in [1.82, 2.24) is 4.98 Å². The minimum Gasteiger partial charge on any atom is -0.490 e. The third-order valence-corrected chi connectivity index (χ3v) is 5.92. The summed E-state index contributed by atoms with van der Waals surface area (Å²) in [5, 5.41) is 24.2. The number of ether oxygens (including phenoxy) is 1. The molecule has 0 bridgehead atoms. The van der Waals surface area contributed by atoms with Gasteiger partial charge in [0.05, 0.1) is 5.69 Å². The maximum absolute atomic E-state index is 14.2. The highest BCUT2D eigenvalue weighted by Gasteiger charge is 2.42. The summed E-state index contributed by atoms with van der Waals surface area (Å²) in [6.07, 6.45) is 1.47. The van der Waals surface area contributed by atoms with Crippen molar-refractivity contribution >= 4 is 33.3 Å². The lowest BCUT2D eigenvalue weighted by atomic mass is 9.89. The number of rotatable bonds is 4. The van der Waals surface area contributed by atoms with Crippen LogP contribution in [0.2, 0.25) is 0 Å². The van der Waals surface area contributed by atoms with Crippen LogP contribution < -0.4 is 15.0 Å². The van der Waals surface area contributed by atoms with Crippen molar-refractivity contribution in [2.45, 2.75) is 31.0 Å². The van der Waals surface area contributed by atoms with Crippen LogP contribution in [0, 0.1) is 5.82 Å². The summed E-state index contributed by atoms with van der Waals surface area (Å²) in [6, 6.07) is 6.43. The molecule has 7 nitrogen and oxygen atoms in total. The summed E-state index contributed by atoms with van der Waals surface area (Å²) < 4.78 is 20.7. The van der Waals surface area contributed by atoms with E-state index in [-0.39, 0.29) is 25.5 Å². The number of halogens is 2. The maximum Gasteiger partial charge on any atom is 0.225 e. The Kier molecular flexibility index (Phi) is 5.46. The van der Waals surface area contributed by atoms with Gasteiger partial charge in [-0.05, 0) is 37.1 Å². The molecule has 1 saturated heterocycles. The smallest absolute Gasteiger partial charge is 0.225 e. The lowest BCUT2D eigenvalue weighted by molar-refractivity contribution is -0.116. The standard InChI is InChI=1S/C20H21BrFN3O4/c21-12-1-3-15(14(22)9-12)25-8-6-20(28,17(26)10-25)11-29-16-5-7-23-19-13(16)2-4-18(27)24-19/h1,3,5,7,9,17,26,28H,2,4,6,8,10-11H2,(H,23,24,27)/t17-,20-/m1/s1. The highest BCUT2D eigenvalue weighted by Crippen LogP contribution is 2.33. The van der Waals surface area contributed by atoms with Gasteiger partial charge < -0.3 is 25.2 Å². The Balaban J connectivity index is 1.44. The average molecular weight is 466 g/mol. The molecule has 2 aliphatic heterocycles. The number of carbonyl (C=O) groups excluding carboxylic acids is 1. The van der Waals surface area contributed by atoms with Gasteiger partial charge in [0.2, 0.25) is 5.91 Å². The first-order chi connectivity index (χ1) is 13.9. The second-order valence-corrected chi connectivity index (χ2v) is 8.30. The first kappa shape index (κ1) is 20.1. The second kappa shape index (κ2) is 7.89. The Hall–Kier alpha value is -2.23. The maximum atomic E-state index is 14.2. The topological polar surface area (TPSA) is 94.9 Å². The molecule has 1 amide bonds. The highest BCUT2D eigenvalue weighted by atomic mass is 79.9. The summed E-state index contributed by atoms with van der Waals surface area (Å²) in [6.45, 7) is 0.345. The summed E-state index contributed by atoms with van der Waals surface area (Å²) in [4.78, 5) is 17.4. The zero-order valence-corrected chi connectivity index (χ0v) is 17.2. The van der Waals surface area contributed by atoms with E-state index in [0.717, 1.165) is 5.56 Å². The molecule has 2 aromatic rings. The van der Waals surface area contributed by atoms with Gasteiger partial charge in [0, 0.05) is 35.7 Å². The molecule has 3 N–H and O–H groups in total. The monoisotopic (exact) mass is 465 g/mol. The van der Waals surface area contributed by atoms with E-state index in [4.69, 9.17) is 4.74 Å². The Morgan fingerprint density at radius 2 is 2.21 bits per heavy atom. The molecule has 0 aliphatic carbocycles. The zero-order chi connectivity index (χ0) is 20.6. The van der Waals surface area contributed by atoms with Crippen LogP contribution >= 0.6 is 15.9 Å². The number of carbonyl (C=O) groups is 1. The van der Waals surface area contributed by atoms with Crippen molar-refractivity contribution in [3.8, 4) is 5.75 Å². The van der Waals surface area contributed by atoms with E-state index < -0.39 is 17.5 Å². The van der Waals surface area contributed by atoms with Gasteiger partial charge in [0.1, 0.15) is 35.7 Å². The summed E-state index contributed by atoms with van der Waals surface area (Å²) in [5.74, 6) is 0.506. The van der Waals surface area contributed by atoms with Crippen LogP contribution in [-0.4, -0.2) is 52.5 Å². The fourth-order valence-corrected chi connectivity index (χ4v) is 4.02. The number of nitrogens with zero attached hydrogens (tertiary/aromatic N) is 2. The quantitative estimate of drug-likeness (QED) is 0.640. The Labute approximate surface area is 175 Å². The number of anilines is 2. The van der Waals surface area contributed by atoms with E-state index >= 15 is 0 Å². The lowest BCUT2D eigenvalue weighted by Gasteiger charge is -2.42. The SMILES string of the molecule is O=C1CCc2c(OC[C@]3(O)CCN(c4ccc(Br)cc4F)C[C@H]3O)ccnc2N1. The van der Waals surface area contributed by atoms with Crippen LogP contribution in [0.25, 0.3) is 0 Å². The number of hydrogen-bond donors (Lipinski definition) is 3. The van der Waals surface area contributed by atoms with Gasteiger partial charge in [-0.25, -0.2) is 9.37 Å². The molecular weight excluding hydrogens is 445 g/mol. The predicted octanol–water partition coefficient (Wildman–Crippen LogP) is 2.25. The van der Waals surface area contributed by atoms with E-state index in [1.807, 2.05) is 0 Å². The molecule has 0 radical (unpaired) electrons. The molecule has 154 valence electrons. The van der Waals surface area contributed by atoms with Gasteiger partial charge in [0.25, 0.3) is 0 Å². The molecule has 0 saturated carbocycles. The third kappa shape index (κ3) is 4.08. The number of benzene rings is 1. The fraction of sp³-hybridized carbons (Fsp3) is 0.400. The van der Waals surface area contributed by atoms with Gasteiger partial charge in [0.15, 0.2) is 0 Å². The van der Waals surface area contributed by atoms with Crippen LogP contribution in [-0.2, 0) is 11.2 Å². The highest BCUT2D eigenvalue weighted by molar-refractivity contribution is 9.10. The number of aliphatic hydroxyl groups is 2. The Morgan fingerprint density at radius 1 is 1.38 bits per heavy atom. The van der Waals surface area contributed by atoms with Crippen molar-refractivity contribution in [1.29, 1.82) is 0 Å². The van der Waals surface area contributed by atoms with Gasteiger partial charge in [-0.3, -0.25) is 4.79 Å². The van der Waals surface area contributed by atoms with E-state index in [1.54, 1.807) is 23.1 Å². The van der Waals surface area contributed by atoms with Crippen molar-refractivity contribution in [3.05, 3.63) is 46.3 Å². The van der Waals surface area contributed by atoms with Crippen LogP contribution in [0.1, 0.15) is 18.4 Å². The number of piperidine rings is 1. The minimum atomic E-state index is -1.46. The summed E-state index contributed by atoms with van der Waals surface area (Å²) in [5.41, 5.74) is -0.301. The Bertz CT molecular complexity index is 944. The minimum absolute atomic E-state index is 0.0862. The number of hydrogen-bond acceptors (Lipinski definition) is 6. The largest absolute Gasteiger partial charge is 0.490 e. The van der Waals surface area contributed by atoms with E-state index in [1.165, 1.54) is 12.3 Å². The Morgan fingerprint density at radius 3 is 2.97 bits per heavy atom. The molecule has 1 aromatic heterocycles. The summed E-state index contributed by atoms with van der Waals surface area (Å²) in [7, 11) is 0. The number of amides is 1. The molecule has 1 fully saturated rings. The molecular formula is C20H21BrFN3O4. The van der Waals surface area contributed by atoms with Gasteiger partial charge in [-0.1, -0.05) is 15.9 Å². The number of β-amino-alcohol motifs (C(OH)–C–C–N with tert-alkyl or cyclic N) is 1. The lowest BCUT2D eigenvalue weighted by Crippen LogP contribution is -2.58. The van der Waals surface area contributed by atoms with Crippen LogP contribution in [0.4, 0.5) is 15.9 Å². The van der Waals surface area contributed by atoms with Gasteiger partial charge in [-0.15, -0.1) is 0 Å². The third-order valence-electron chi connectivity index (χ3n) is 5.43. The molecule has 29 heavy (non-hydrogen) atoms. The predicted molar refractivity (Wildman–Crippen MR) is 109 cm³/mol. The van der Waals surface area contributed by atoms with Gasteiger partial charge >= 0.3 is 0 Å². The van der Waals surface area contributed by atoms with Crippen molar-refractivity contribution in [2.75, 3.05) is 29.9 Å². The molecule has 1 aromatic carbocycles. The number of aliphatic hydroxyl groups excluding tert-OH is 1. The molecule has 2 aliphatic rings. The summed E-state index contributed by atoms with van der Waals surface area (Å²) >= 11 is 3.23. The average Bonchev–Trinajstić information content (AvgIpc) is 2.68. The van der Waals surface area contributed by atoms with Crippen molar-refractivity contribution in [3.63, 3.8) is 0 Å². The second-order valence-electron chi connectivity index (χ2n) is 7.38. The molecule has 9 heteroatoms. The normalized spacial score (nSPS) is 24.1. The first-order valence-corrected chi connectivity index (χ1v) is 10.2. The number of nitrogens with one attached hydrogen (secondary N) is 1. The molecule has 0 unspecified atom stereocenters. The number of pyridine rings is 1. The molecule has 3 heterocycles. The molecule has 4 rings (SSSR count). The molecule has 2 atom stereocenters. The van der Waals surface area contributed by atoms with Crippen LogP contribution in [0.15, 0.2) is 34.9 Å². The molecule has 0 spiro atoms. The van der Waals surface area contributed by atoms with Crippen molar-refractivity contribution < 1.29 is 24.1 Å². The fourth-order valence-electron chi connectivity index (χ4n) is 3.69. The first-order valence-electron chi connectivity index (χ1n) is 9.37. The van der Waals surface area contributed by atoms with E-state index in [9.17, 15) is 19.4 Å². The van der Waals surface area contributed by atoms with E-state index in [0.29, 0.717) is 41.1 Å². The van der Waals surface area contributed by atoms with Crippen molar-refractivity contribution in [2.24, 2.45) is 0 Å². The number of fused-ring (bicyclic) bond motifs is 1. The van der Waals surface area contributed by atoms with E-state index in [2.05, 4.69) is 26.2 Å². The zero-order valence-electron chi connectivity index (χ0n) is 15.6. The number of aromatic nitrogens is 1. The van der Waals surface area contributed by atoms with Gasteiger partial charge in [-0.2, -0.15) is 0 Å². The van der Waals surface area contributed by atoms with Crippen LogP contribution in [0.3, 0.4) is 0 Å². The van der Waals surface area contributed by atoms with Crippen LogP contribution in [0.5, 0.6) is 5.75 Å².